The van der Waals surface area contributed by atoms with E-state index in [0.29, 0.717) is 5.56 Å². The third kappa shape index (κ3) is 3.08. The van der Waals surface area contributed by atoms with E-state index in [9.17, 15) is 0 Å². The lowest BCUT2D eigenvalue weighted by Crippen LogP contribution is -3.00. The molecule has 80 valence electrons. The molecule has 0 saturated carbocycles. The first-order valence-corrected chi connectivity index (χ1v) is 4.81. The summed E-state index contributed by atoms with van der Waals surface area (Å²) < 4.78 is 2.05. The number of pyridine rings is 1. The molecule has 1 aromatic heterocycles. The highest BCUT2D eigenvalue weighted by atomic mass is 35.5. The Hall–Kier alpha value is -1.85. The van der Waals surface area contributed by atoms with Gasteiger partial charge in [0.2, 0.25) is 0 Å². The molecule has 0 radical (unpaired) electrons. The summed E-state index contributed by atoms with van der Waals surface area (Å²) in [4.78, 5) is 0. The van der Waals surface area contributed by atoms with Crippen LogP contribution >= 0.6 is 0 Å². The van der Waals surface area contributed by atoms with Gasteiger partial charge in [0.1, 0.15) is 0 Å². The molecule has 0 aliphatic rings. The van der Waals surface area contributed by atoms with Crippen molar-refractivity contribution in [2.24, 2.45) is 0 Å². The summed E-state index contributed by atoms with van der Waals surface area (Å²) in [6.45, 7) is 0.840. The Bertz CT molecular complexity index is 472. The Morgan fingerprint density at radius 3 is 2.19 bits per heavy atom. The SMILES string of the molecule is N#Cc1cc[n+](Cc2ccccc2)cc1.[Cl-]. The average Bonchev–Trinajstić information content (AvgIpc) is 2.31. The summed E-state index contributed by atoms with van der Waals surface area (Å²) in [5.41, 5.74) is 1.95. The second-order valence-corrected chi connectivity index (χ2v) is 3.36. The molecule has 2 nitrogen and oxygen atoms in total. The fourth-order valence-electron chi connectivity index (χ4n) is 1.43. The maximum Gasteiger partial charge on any atom is 0.173 e. The quantitative estimate of drug-likeness (QED) is 0.602. The van der Waals surface area contributed by atoms with Gasteiger partial charge >= 0.3 is 0 Å². The van der Waals surface area contributed by atoms with Crippen molar-refractivity contribution in [1.82, 2.24) is 0 Å². The Morgan fingerprint density at radius 2 is 1.62 bits per heavy atom. The fraction of sp³-hybridized carbons (Fsp3) is 0.0769. The molecule has 2 aromatic rings. The third-order valence-electron chi connectivity index (χ3n) is 2.23. The fourth-order valence-corrected chi connectivity index (χ4v) is 1.43. The molecule has 1 heterocycles. The molecule has 0 bridgehead atoms. The first-order valence-electron chi connectivity index (χ1n) is 4.81. The van der Waals surface area contributed by atoms with Gasteiger partial charge in [0.25, 0.3) is 0 Å². The number of hydrogen-bond acceptors (Lipinski definition) is 1. The Labute approximate surface area is 101 Å². The molecule has 0 aliphatic carbocycles. The van der Waals surface area contributed by atoms with E-state index in [2.05, 4.69) is 22.8 Å². The largest absolute Gasteiger partial charge is 1.00 e. The molecule has 2 rings (SSSR count). The van der Waals surface area contributed by atoms with Crippen molar-refractivity contribution in [3.8, 4) is 6.07 Å². The zero-order valence-corrected chi connectivity index (χ0v) is 9.43. The van der Waals surface area contributed by atoms with E-state index in [1.807, 2.05) is 42.7 Å². The Balaban J connectivity index is 0.00000128. The highest BCUT2D eigenvalue weighted by Crippen LogP contribution is 1.98. The van der Waals surface area contributed by atoms with Crippen LogP contribution in [0.1, 0.15) is 11.1 Å². The monoisotopic (exact) mass is 230 g/mol. The van der Waals surface area contributed by atoms with Crippen molar-refractivity contribution in [3.05, 3.63) is 66.0 Å². The average molecular weight is 231 g/mol. The van der Waals surface area contributed by atoms with Crippen molar-refractivity contribution in [2.75, 3.05) is 0 Å². The number of nitrogens with zero attached hydrogens (tertiary/aromatic N) is 2. The van der Waals surface area contributed by atoms with Gasteiger partial charge in [0, 0.05) is 17.7 Å². The van der Waals surface area contributed by atoms with Crippen LogP contribution in [0.4, 0.5) is 0 Å². The molecule has 1 aromatic carbocycles. The van der Waals surface area contributed by atoms with Gasteiger partial charge in [-0.15, -0.1) is 0 Å². The number of aromatic nitrogens is 1. The van der Waals surface area contributed by atoms with Crippen LogP contribution in [-0.4, -0.2) is 0 Å². The molecular weight excluding hydrogens is 220 g/mol. The maximum absolute atomic E-state index is 8.66. The van der Waals surface area contributed by atoms with Crippen LogP contribution in [0.3, 0.4) is 0 Å². The molecule has 16 heavy (non-hydrogen) atoms. The predicted molar refractivity (Wildman–Crippen MR) is 56.9 cm³/mol. The summed E-state index contributed by atoms with van der Waals surface area (Å²) >= 11 is 0. The molecule has 0 fully saturated rings. The summed E-state index contributed by atoms with van der Waals surface area (Å²) in [6, 6.07) is 16.0. The number of hydrogen-bond donors (Lipinski definition) is 0. The number of halogens is 1. The topological polar surface area (TPSA) is 27.7 Å². The van der Waals surface area contributed by atoms with E-state index in [-0.39, 0.29) is 12.4 Å². The van der Waals surface area contributed by atoms with E-state index < -0.39 is 0 Å². The second-order valence-electron chi connectivity index (χ2n) is 3.36. The van der Waals surface area contributed by atoms with Crippen molar-refractivity contribution in [2.45, 2.75) is 6.54 Å². The van der Waals surface area contributed by atoms with Gasteiger partial charge in [-0.25, -0.2) is 4.57 Å². The maximum atomic E-state index is 8.66. The van der Waals surface area contributed by atoms with Gasteiger partial charge in [0.05, 0.1) is 11.6 Å². The van der Waals surface area contributed by atoms with E-state index in [1.54, 1.807) is 0 Å². The minimum atomic E-state index is 0. The molecule has 0 spiro atoms. The molecule has 0 amide bonds. The Morgan fingerprint density at radius 1 is 1.00 bits per heavy atom. The van der Waals surface area contributed by atoms with Gasteiger partial charge in [-0.1, -0.05) is 30.3 Å². The van der Waals surface area contributed by atoms with Gasteiger partial charge in [-0.3, -0.25) is 0 Å². The summed E-state index contributed by atoms with van der Waals surface area (Å²) in [7, 11) is 0. The van der Waals surface area contributed by atoms with Crippen LogP contribution in [0.5, 0.6) is 0 Å². The minimum absolute atomic E-state index is 0. The number of benzene rings is 1. The smallest absolute Gasteiger partial charge is 0.173 e. The van der Waals surface area contributed by atoms with E-state index in [0.717, 1.165) is 6.54 Å². The summed E-state index contributed by atoms with van der Waals surface area (Å²) in [5.74, 6) is 0. The third-order valence-corrected chi connectivity index (χ3v) is 2.23. The second kappa shape index (κ2) is 5.89. The van der Waals surface area contributed by atoms with Crippen molar-refractivity contribution in [1.29, 1.82) is 5.26 Å². The van der Waals surface area contributed by atoms with Crippen LogP contribution in [0.15, 0.2) is 54.9 Å². The molecule has 0 aliphatic heterocycles. The number of nitriles is 1. The van der Waals surface area contributed by atoms with Gasteiger partial charge in [-0.2, -0.15) is 5.26 Å². The molecule has 0 saturated heterocycles. The first-order chi connectivity index (χ1) is 7.38. The lowest BCUT2D eigenvalue weighted by Gasteiger charge is -1.96. The zero-order valence-electron chi connectivity index (χ0n) is 8.68. The highest BCUT2D eigenvalue weighted by Gasteiger charge is 2.01. The molecule has 0 N–H and O–H groups in total. The minimum Gasteiger partial charge on any atom is -1.00 e. The van der Waals surface area contributed by atoms with Crippen LogP contribution in [0.2, 0.25) is 0 Å². The van der Waals surface area contributed by atoms with Crippen molar-refractivity contribution < 1.29 is 17.0 Å². The van der Waals surface area contributed by atoms with Gasteiger partial charge < -0.3 is 12.4 Å². The predicted octanol–water partition coefficient (Wildman–Crippen LogP) is -1.10. The van der Waals surface area contributed by atoms with Crippen molar-refractivity contribution in [3.63, 3.8) is 0 Å². The molecule has 3 heteroatoms. The molecular formula is C13H11ClN2. The van der Waals surface area contributed by atoms with Crippen LogP contribution in [0, 0.1) is 11.3 Å². The lowest BCUT2D eigenvalue weighted by atomic mass is 10.2. The normalized spacial score (nSPS) is 8.94. The van der Waals surface area contributed by atoms with Crippen LogP contribution < -0.4 is 17.0 Å². The van der Waals surface area contributed by atoms with Gasteiger partial charge in [-0.05, 0) is 0 Å². The summed E-state index contributed by atoms with van der Waals surface area (Å²) in [6.07, 6.45) is 3.84. The zero-order chi connectivity index (χ0) is 10.5. The Kier molecular flexibility index (Phi) is 4.50. The highest BCUT2D eigenvalue weighted by molar-refractivity contribution is 5.23. The van der Waals surface area contributed by atoms with E-state index in [1.165, 1.54) is 5.56 Å². The van der Waals surface area contributed by atoms with E-state index >= 15 is 0 Å². The molecule has 0 unspecified atom stereocenters. The molecule has 0 atom stereocenters. The van der Waals surface area contributed by atoms with Crippen molar-refractivity contribution >= 4 is 0 Å². The standard InChI is InChI=1S/C13H11N2.ClH/c14-10-12-6-8-15(9-7-12)11-13-4-2-1-3-5-13;/h1-9H,11H2;1H/q+1;/p-1. The van der Waals surface area contributed by atoms with Crippen LogP contribution in [0.25, 0.3) is 0 Å². The van der Waals surface area contributed by atoms with Gasteiger partial charge in [0.15, 0.2) is 18.9 Å². The first kappa shape index (κ1) is 12.2. The van der Waals surface area contributed by atoms with E-state index in [4.69, 9.17) is 5.26 Å². The lowest BCUT2D eigenvalue weighted by molar-refractivity contribution is -0.688. The number of rotatable bonds is 2. The summed E-state index contributed by atoms with van der Waals surface area (Å²) in [5, 5.41) is 8.66. The van der Waals surface area contributed by atoms with Crippen LogP contribution in [-0.2, 0) is 6.54 Å².